The third-order valence-corrected chi connectivity index (χ3v) is 4.50. The maximum atomic E-state index is 5.43. The maximum Gasteiger partial charge on any atom is 0.0480 e. The van der Waals surface area contributed by atoms with E-state index in [0.717, 1.165) is 25.2 Å². The van der Waals surface area contributed by atoms with Gasteiger partial charge < -0.3 is 15.0 Å². The average molecular weight is 240 g/mol. The van der Waals surface area contributed by atoms with E-state index in [1.807, 2.05) is 0 Å². The molecule has 0 aliphatic carbocycles. The second-order valence-electron chi connectivity index (χ2n) is 5.73. The molecule has 0 radical (unpaired) electrons. The predicted molar refractivity (Wildman–Crippen MR) is 71.3 cm³/mol. The summed E-state index contributed by atoms with van der Waals surface area (Å²) in [6, 6.07) is 1.45. The molecule has 2 rings (SSSR count). The van der Waals surface area contributed by atoms with E-state index in [2.05, 4.69) is 24.2 Å². The second kappa shape index (κ2) is 6.72. The van der Waals surface area contributed by atoms with Gasteiger partial charge in [0.15, 0.2) is 0 Å². The molecule has 1 N–H and O–H groups in total. The van der Waals surface area contributed by atoms with Crippen molar-refractivity contribution in [3.63, 3.8) is 0 Å². The number of hydrogen-bond acceptors (Lipinski definition) is 3. The van der Waals surface area contributed by atoms with E-state index in [0.29, 0.717) is 6.04 Å². The summed E-state index contributed by atoms with van der Waals surface area (Å²) in [5, 5.41) is 3.68. The molecule has 2 heterocycles. The number of hydrogen-bond donors (Lipinski definition) is 1. The first-order valence-electron chi connectivity index (χ1n) is 7.31. The molecule has 2 fully saturated rings. The van der Waals surface area contributed by atoms with Gasteiger partial charge in [0.1, 0.15) is 0 Å². The fraction of sp³-hybridized carbons (Fsp3) is 1.00. The van der Waals surface area contributed by atoms with Gasteiger partial charge in [-0.25, -0.2) is 0 Å². The fourth-order valence-electron chi connectivity index (χ4n) is 3.23. The minimum absolute atomic E-state index is 0.710. The average Bonchev–Trinajstić information content (AvgIpc) is 2.40. The molecular formula is C14H28N2O. The number of piperidine rings is 1. The highest BCUT2D eigenvalue weighted by atomic mass is 16.5. The van der Waals surface area contributed by atoms with Crippen LogP contribution in [0.15, 0.2) is 0 Å². The number of ether oxygens (including phenoxy) is 1. The van der Waals surface area contributed by atoms with Crippen LogP contribution < -0.4 is 5.32 Å². The lowest BCUT2D eigenvalue weighted by atomic mass is 9.90. The Hall–Kier alpha value is -0.120. The van der Waals surface area contributed by atoms with Crippen LogP contribution in [0.5, 0.6) is 0 Å². The van der Waals surface area contributed by atoms with Gasteiger partial charge in [-0.3, -0.25) is 0 Å². The van der Waals surface area contributed by atoms with Crippen molar-refractivity contribution in [3.8, 4) is 0 Å². The first-order chi connectivity index (χ1) is 8.29. The summed E-state index contributed by atoms with van der Waals surface area (Å²) in [5.41, 5.74) is 0. The Morgan fingerprint density at radius 3 is 2.71 bits per heavy atom. The Bertz CT molecular complexity index is 216. The molecule has 0 saturated carbocycles. The third kappa shape index (κ3) is 3.94. The summed E-state index contributed by atoms with van der Waals surface area (Å²) in [5.74, 6) is 0.948. The molecule has 2 atom stereocenters. The van der Waals surface area contributed by atoms with Crippen LogP contribution in [-0.2, 0) is 4.74 Å². The molecule has 3 nitrogen and oxygen atoms in total. The van der Waals surface area contributed by atoms with Gasteiger partial charge >= 0.3 is 0 Å². The van der Waals surface area contributed by atoms with Crippen LogP contribution in [0.1, 0.15) is 39.0 Å². The fourth-order valence-corrected chi connectivity index (χ4v) is 3.23. The lowest BCUT2D eigenvalue weighted by Gasteiger charge is -2.37. The van der Waals surface area contributed by atoms with Crippen molar-refractivity contribution >= 4 is 0 Å². The molecule has 0 spiro atoms. The number of likely N-dealkylation sites (N-methyl/N-ethyl adjacent to an activating group) is 1. The van der Waals surface area contributed by atoms with Crippen molar-refractivity contribution in [2.45, 2.75) is 51.1 Å². The van der Waals surface area contributed by atoms with Gasteiger partial charge in [0.2, 0.25) is 0 Å². The van der Waals surface area contributed by atoms with Gasteiger partial charge in [0.05, 0.1) is 0 Å². The summed E-state index contributed by atoms with van der Waals surface area (Å²) in [7, 11) is 2.28. The van der Waals surface area contributed by atoms with Crippen LogP contribution in [-0.4, -0.2) is 50.3 Å². The van der Waals surface area contributed by atoms with E-state index in [1.54, 1.807) is 0 Å². The van der Waals surface area contributed by atoms with Crippen molar-refractivity contribution in [2.75, 3.05) is 33.4 Å². The maximum absolute atomic E-state index is 5.43. The van der Waals surface area contributed by atoms with E-state index in [1.165, 1.54) is 45.2 Å². The zero-order chi connectivity index (χ0) is 12.1. The first-order valence-corrected chi connectivity index (χ1v) is 7.31. The first kappa shape index (κ1) is 13.3. The molecule has 0 aromatic heterocycles. The molecule has 0 bridgehead atoms. The summed E-state index contributed by atoms with van der Waals surface area (Å²) >= 11 is 0. The highest BCUT2D eigenvalue weighted by Crippen LogP contribution is 2.21. The van der Waals surface area contributed by atoms with E-state index in [9.17, 15) is 0 Å². The quantitative estimate of drug-likeness (QED) is 0.812. The summed E-state index contributed by atoms with van der Waals surface area (Å²) in [6.45, 7) is 6.65. The SMILES string of the molecule is CCC1CCNC(CN(C)C2CCOCC2)C1. The molecule has 2 aliphatic rings. The summed E-state index contributed by atoms with van der Waals surface area (Å²) in [4.78, 5) is 2.55. The van der Waals surface area contributed by atoms with Crippen LogP contribution in [0.25, 0.3) is 0 Å². The minimum Gasteiger partial charge on any atom is -0.381 e. The largest absolute Gasteiger partial charge is 0.381 e. The topological polar surface area (TPSA) is 24.5 Å². The molecule has 2 aliphatic heterocycles. The van der Waals surface area contributed by atoms with Gasteiger partial charge in [0, 0.05) is 31.8 Å². The van der Waals surface area contributed by atoms with Gasteiger partial charge in [-0.1, -0.05) is 13.3 Å². The molecule has 2 saturated heterocycles. The van der Waals surface area contributed by atoms with Gasteiger partial charge in [0.25, 0.3) is 0 Å². The van der Waals surface area contributed by atoms with Crippen molar-refractivity contribution in [1.82, 2.24) is 10.2 Å². The van der Waals surface area contributed by atoms with Crippen molar-refractivity contribution in [2.24, 2.45) is 5.92 Å². The van der Waals surface area contributed by atoms with Crippen LogP contribution in [0.3, 0.4) is 0 Å². The molecule has 3 heteroatoms. The zero-order valence-corrected chi connectivity index (χ0v) is 11.5. The number of nitrogens with zero attached hydrogens (tertiary/aromatic N) is 1. The molecule has 0 aromatic rings. The highest BCUT2D eigenvalue weighted by Gasteiger charge is 2.24. The Morgan fingerprint density at radius 2 is 2.00 bits per heavy atom. The Balaban J connectivity index is 1.74. The van der Waals surface area contributed by atoms with Crippen LogP contribution in [0, 0.1) is 5.92 Å². The lowest BCUT2D eigenvalue weighted by molar-refractivity contribution is 0.0381. The number of nitrogens with one attached hydrogen (secondary N) is 1. The molecule has 17 heavy (non-hydrogen) atoms. The smallest absolute Gasteiger partial charge is 0.0480 e. The highest BCUT2D eigenvalue weighted by molar-refractivity contribution is 4.82. The molecule has 2 unspecified atom stereocenters. The van der Waals surface area contributed by atoms with Crippen molar-refractivity contribution in [3.05, 3.63) is 0 Å². The van der Waals surface area contributed by atoms with Gasteiger partial charge in [-0.2, -0.15) is 0 Å². The Labute approximate surface area is 106 Å². The van der Waals surface area contributed by atoms with Crippen molar-refractivity contribution < 1.29 is 4.74 Å². The van der Waals surface area contributed by atoms with Crippen molar-refractivity contribution in [1.29, 1.82) is 0 Å². The second-order valence-corrected chi connectivity index (χ2v) is 5.73. The zero-order valence-electron chi connectivity index (χ0n) is 11.5. The van der Waals surface area contributed by atoms with Gasteiger partial charge in [-0.15, -0.1) is 0 Å². The lowest BCUT2D eigenvalue weighted by Crippen LogP contribution is -2.48. The minimum atomic E-state index is 0.710. The van der Waals surface area contributed by atoms with E-state index < -0.39 is 0 Å². The normalized spacial score (nSPS) is 31.9. The summed E-state index contributed by atoms with van der Waals surface area (Å²) in [6.07, 6.45) is 6.50. The van der Waals surface area contributed by atoms with Crippen LogP contribution in [0.2, 0.25) is 0 Å². The van der Waals surface area contributed by atoms with E-state index in [-0.39, 0.29) is 0 Å². The van der Waals surface area contributed by atoms with Gasteiger partial charge in [-0.05, 0) is 45.2 Å². The molecule has 0 aromatic carbocycles. The van der Waals surface area contributed by atoms with Crippen LogP contribution in [0.4, 0.5) is 0 Å². The van der Waals surface area contributed by atoms with E-state index >= 15 is 0 Å². The Kier molecular flexibility index (Phi) is 5.26. The molecular weight excluding hydrogens is 212 g/mol. The third-order valence-electron chi connectivity index (χ3n) is 4.50. The Morgan fingerprint density at radius 1 is 1.24 bits per heavy atom. The van der Waals surface area contributed by atoms with E-state index in [4.69, 9.17) is 4.74 Å². The molecule has 0 amide bonds. The van der Waals surface area contributed by atoms with Crippen LogP contribution >= 0.6 is 0 Å². The standard InChI is InChI=1S/C14H28N2O/c1-3-12-4-7-15-13(10-12)11-16(2)14-5-8-17-9-6-14/h12-15H,3-11H2,1-2H3. The monoisotopic (exact) mass is 240 g/mol. The molecule has 100 valence electrons. The predicted octanol–water partition coefficient (Wildman–Crippen LogP) is 1.88. The summed E-state index contributed by atoms with van der Waals surface area (Å²) < 4.78 is 5.43. The number of rotatable bonds is 4.